The van der Waals surface area contributed by atoms with Gasteiger partial charge in [0, 0.05) is 32.4 Å². The Hall–Kier alpha value is -3.02. The highest BCUT2D eigenvalue weighted by Crippen LogP contribution is 2.29. The van der Waals surface area contributed by atoms with Crippen LogP contribution in [0.1, 0.15) is 46.7 Å². The van der Waals surface area contributed by atoms with Crippen LogP contribution in [0.15, 0.2) is 36.4 Å². The Balaban J connectivity index is 1.75. The van der Waals surface area contributed by atoms with E-state index in [1.165, 1.54) is 6.42 Å². The molecule has 1 aromatic carbocycles. The van der Waals surface area contributed by atoms with Gasteiger partial charge >= 0.3 is 0 Å². The van der Waals surface area contributed by atoms with Crippen molar-refractivity contribution in [1.29, 1.82) is 0 Å². The van der Waals surface area contributed by atoms with E-state index in [1.54, 1.807) is 11.9 Å². The Morgan fingerprint density at radius 2 is 1.76 bits per heavy atom. The first-order valence-corrected chi connectivity index (χ1v) is 10.2. The molecule has 0 unspecified atom stereocenters. The number of fused-ring (bicyclic) bond motifs is 1. The van der Waals surface area contributed by atoms with E-state index in [0.717, 1.165) is 54.0 Å². The molecule has 6 heteroatoms. The molecule has 29 heavy (non-hydrogen) atoms. The van der Waals surface area contributed by atoms with E-state index >= 15 is 0 Å². The van der Waals surface area contributed by atoms with Crippen LogP contribution in [-0.2, 0) is 6.54 Å². The number of carbonyl (C=O) groups is 1. The molecular formula is C23H27N5O. The highest BCUT2D eigenvalue weighted by molar-refractivity contribution is 5.96. The molecule has 1 saturated heterocycles. The van der Waals surface area contributed by atoms with Gasteiger partial charge in [0.1, 0.15) is 5.82 Å². The molecule has 6 nitrogen and oxygen atoms in total. The third-order valence-electron chi connectivity index (χ3n) is 5.43. The zero-order valence-electron chi connectivity index (χ0n) is 17.4. The van der Waals surface area contributed by atoms with Crippen LogP contribution < -0.4 is 4.90 Å². The first kappa shape index (κ1) is 19.3. The number of pyridine rings is 1. The summed E-state index contributed by atoms with van der Waals surface area (Å²) >= 11 is 0. The van der Waals surface area contributed by atoms with Crippen LogP contribution in [0.25, 0.3) is 11.0 Å². The van der Waals surface area contributed by atoms with Gasteiger partial charge in [-0.2, -0.15) is 0 Å². The minimum atomic E-state index is -0.185. The molecule has 0 bridgehead atoms. The lowest BCUT2D eigenvalue weighted by atomic mass is 10.1. The Bertz CT molecular complexity index is 1030. The molecule has 1 aliphatic rings. The number of carbonyl (C=O) groups excluding carboxylic acids is 1. The van der Waals surface area contributed by atoms with Crippen LogP contribution in [0.3, 0.4) is 0 Å². The van der Waals surface area contributed by atoms with Crippen molar-refractivity contribution in [2.45, 2.75) is 39.7 Å². The third kappa shape index (κ3) is 4.06. The number of amides is 1. The summed E-state index contributed by atoms with van der Waals surface area (Å²) < 4.78 is 0. The highest BCUT2D eigenvalue weighted by atomic mass is 16.2. The van der Waals surface area contributed by atoms with Crippen LogP contribution in [0.4, 0.5) is 5.82 Å². The Kier molecular flexibility index (Phi) is 5.43. The molecule has 3 heterocycles. The lowest BCUT2D eigenvalue weighted by Crippen LogP contribution is -2.33. The third-order valence-corrected chi connectivity index (χ3v) is 5.43. The first-order chi connectivity index (χ1) is 14.0. The predicted octanol–water partition coefficient (Wildman–Crippen LogP) is 3.90. The fraction of sp³-hybridized carbons (Fsp3) is 0.391. The average molecular weight is 390 g/mol. The quantitative estimate of drug-likeness (QED) is 0.677. The van der Waals surface area contributed by atoms with Gasteiger partial charge in [-0.3, -0.25) is 4.79 Å². The molecule has 0 spiro atoms. The van der Waals surface area contributed by atoms with Crippen molar-refractivity contribution >= 4 is 22.8 Å². The number of nitrogens with zero attached hydrogens (tertiary/aromatic N) is 5. The van der Waals surface area contributed by atoms with Crippen molar-refractivity contribution in [1.82, 2.24) is 19.9 Å². The summed E-state index contributed by atoms with van der Waals surface area (Å²) in [7, 11) is 1.79. The van der Waals surface area contributed by atoms with Gasteiger partial charge in [0.05, 0.1) is 5.39 Å². The van der Waals surface area contributed by atoms with Crippen LogP contribution in [-0.4, -0.2) is 45.9 Å². The molecule has 0 atom stereocenters. The highest BCUT2D eigenvalue weighted by Gasteiger charge is 2.23. The molecule has 2 aromatic heterocycles. The van der Waals surface area contributed by atoms with Crippen molar-refractivity contribution < 1.29 is 4.79 Å². The fourth-order valence-corrected chi connectivity index (χ4v) is 3.99. The Morgan fingerprint density at radius 1 is 1.03 bits per heavy atom. The van der Waals surface area contributed by atoms with E-state index in [0.29, 0.717) is 12.2 Å². The number of benzene rings is 1. The van der Waals surface area contributed by atoms with Crippen molar-refractivity contribution in [2.75, 3.05) is 25.0 Å². The number of aromatic nitrogens is 3. The van der Waals surface area contributed by atoms with Gasteiger partial charge in [0.15, 0.2) is 5.65 Å². The van der Waals surface area contributed by atoms with Gasteiger partial charge in [-0.1, -0.05) is 30.3 Å². The normalized spacial score (nSPS) is 14.2. The maximum absolute atomic E-state index is 13.2. The topological polar surface area (TPSA) is 62.2 Å². The fourth-order valence-electron chi connectivity index (χ4n) is 3.99. The average Bonchev–Trinajstić information content (AvgIpc) is 2.73. The summed E-state index contributed by atoms with van der Waals surface area (Å²) in [5.41, 5.74) is 3.68. The van der Waals surface area contributed by atoms with Crippen molar-refractivity contribution in [3.8, 4) is 0 Å². The largest absolute Gasteiger partial charge is 0.356 e. The lowest BCUT2D eigenvalue weighted by Gasteiger charge is -2.29. The molecule has 0 radical (unpaired) electrons. The zero-order chi connectivity index (χ0) is 20.4. The molecule has 0 aliphatic carbocycles. The van der Waals surface area contributed by atoms with E-state index in [-0.39, 0.29) is 11.7 Å². The lowest BCUT2D eigenvalue weighted by molar-refractivity contribution is 0.0773. The summed E-state index contributed by atoms with van der Waals surface area (Å²) in [6, 6.07) is 12.0. The second-order valence-electron chi connectivity index (χ2n) is 7.84. The number of aryl methyl sites for hydroxylation is 2. The molecule has 0 saturated carbocycles. The second-order valence-corrected chi connectivity index (χ2v) is 7.84. The van der Waals surface area contributed by atoms with Crippen LogP contribution in [0.5, 0.6) is 0 Å². The van der Waals surface area contributed by atoms with Gasteiger partial charge < -0.3 is 9.80 Å². The first-order valence-electron chi connectivity index (χ1n) is 10.2. The minimum absolute atomic E-state index is 0.185. The minimum Gasteiger partial charge on any atom is -0.356 e. The standard InChI is InChI=1S/C23H27N5O/c1-16-14-17(2)24-20-19(16)22(28-12-8-5-9-13-28)26-21(25-20)23(29)27(3)15-18-10-6-4-7-11-18/h4,6-7,10-11,14H,5,8-9,12-13,15H2,1-3H3. The summed E-state index contributed by atoms with van der Waals surface area (Å²) in [4.78, 5) is 31.1. The van der Waals surface area contributed by atoms with Gasteiger partial charge in [-0.05, 0) is 50.3 Å². The molecule has 1 fully saturated rings. The maximum atomic E-state index is 13.2. The monoisotopic (exact) mass is 389 g/mol. The number of rotatable bonds is 4. The molecule has 150 valence electrons. The Labute approximate surface area is 171 Å². The number of hydrogen-bond donors (Lipinski definition) is 0. The van der Waals surface area contributed by atoms with E-state index in [1.807, 2.05) is 37.3 Å². The van der Waals surface area contributed by atoms with E-state index in [4.69, 9.17) is 4.98 Å². The summed E-state index contributed by atoms with van der Waals surface area (Å²) in [5.74, 6) is 0.875. The smallest absolute Gasteiger partial charge is 0.291 e. The second kappa shape index (κ2) is 8.15. The Morgan fingerprint density at radius 3 is 2.48 bits per heavy atom. The molecule has 1 amide bonds. The summed E-state index contributed by atoms with van der Waals surface area (Å²) in [6.07, 6.45) is 3.52. The summed E-state index contributed by atoms with van der Waals surface area (Å²) in [5, 5.41) is 0.958. The van der Waals surface area contributed by atoms with E-state index in [9.17, 15) is 4.79 Å². The van der Waals surface area contributed by atoms with Gasteiger partial charge in [-0.25, -0.2) is 15.0 Å². The molecular weight excluding hydrogens is 362 g/mol. The maximum Gasteiger partial charge on any atom is 0.291 e. The van der Waals surface area contributed by atoms with Gasteiger partial charge in [0.2, 0.25) is 5.82 Å². The molecule has 1 aliphatic heterocycles. The summed E-state index contributed by atoms with van der Waals surface area (Å²) in [6.45, 7) is 6.44. The number of piperidine rings is 1. The van der Waals surface area contributed by atoms with Gasteiger partial charge in [0.25, 0.3) is 5.91 Å². The number of anilines is 1. The van der Waals surface area contributed by atoms with Crippen LogP contribution in [0, 0.1) is 13.8 Å². The van der Waals surface area contributed by atoms with Crippen molar-refractivity contribution in [3.63, 3.8) is 0 Å². The van der Waals surface area contributed by atoms with Crippen LogP contribution in [0.2, 0.25) is 0 Å². The van der Waals surface area contributed by atoms with Crippen LogP contribution >= 0.6 is 0 Å². The van der Waals surface area contributed by atoms with Crippen molar-refractivity contribution in [2.24, 2.45) is 0 Å². The van der Waals surface area contributed by atoms with E-state index in [2.05, 4.69) is 27.9 Å². The molecule has 3 aromatic rings. The molecule has 4 rings (SSSR count). The predicted molar refractivity (Wildman–Crippen MR) is 115 cm³/mol. The van der Waals surface area contributed by atoms with Gasteiger partial charge in [-0.15, -0.1) is 0 Å². The zero-order valence-corrected chi connectivity index (χ0v) is 17.4. The van der Waals surface area contributed by atoms with Crippen molar-refractivity contribution in [3.05, 3.63) is 59.0 Å². The molecule has 0 N–H and O–H groups in total. The number of hydrogen-bond acceptors (Lipinski definition) is 5. The van der Waals surface area contributed by atoms with E-state index < -0.39 is 0 Å². The SMILES string of the molecule is Cc1cc(C)c2c(N3CCCCC3)nc(C(=O)N(C)Cc3ccccc3)nc2n1.